The minimum atomic E-state index is -0.174. The summed E-state index contributed by atoms with van der Waals surface area (Å²) >= 11 is 0. The second-order valence-electron chi connectivity index (χ2n) is 4.70. The molecule has 0 heterocycles. The second kappa shape index (κ2) is 7.10. The molecule has 0 saturated heterocycles. The van der Waals surface area contributed by atoms with Crippen LogP contribution in [0.5, 0.6) is 0 Å². The van der Waals surface area contributed by atoms with Gasteiger partial charge in [0.25, 0.3) is 5.91 Å². The van der Waals surface area contributed by atoms with Crippen LogP contribution >= 0.6 is 0 Å². The van der Waals surface area contributed by atoms with Gasteiger partial charge in [-0.2, -0.15) is 0 Å². The van der Waals surface area contributed by atoms with Gasteiger partial charge in [0.2, 0.25) is 0 Å². The molecule has 0 atom stereocenters. The van der Waals surface area contributed by atoms with Crippen molar-refractivity contribution in [2.45, 2.75) is 47.1 Å². The number of hydrogen-bond acceptors (Lipinski definition) is 1. The van der Waals surface area contributed by atoms with Crippen LogP contribution in [0.15, 0.2) is 30.3 Å². The largest absolute Gasteiger partial charge is 0.347 e. The molecule has 0 aliphatic heterocycles. The molecule has 0 radical (unpaired) electrons. The highest BCUT2D eigenvalue weighted by Gasteiger charge is 2.24. The van der Waals surface area contributed by atoms with Crippen LogP contribution in [0.4, 0.5) is 0 Å². The number of carbonyl (C=O) groups is 1. The van der Waals surface area contributed by atoms with Gasteiger partial charge in [-0.05, 0) is 31.9 Å². The predicted molar refractivity (Wildman–Crippen MR) is 74.2 cm³/mol. The first kappa shape index (κ1) is 15.7. The first-order valence-electron chi connectivity index (χ1n) is 6.31. The lowest BCUT2D eigenvalue weighted by atomic mass is 9.90. The van der Waals surface area contributed by atoms with E-state index >= 15 is 0 Å². The Morgan fingerprint density at radius 3 is 2.00 bits per heavy atom. The lowest BCUT2D eigenvalue weighted by Crippen LogP contribution is -2.47. The Labute approximate surface area is 105 Å². The fourth-order valence-corrected chi connectivity index (χ4v) is 1.10. The summed E-state index contributed by atoms with van der Waals surface area (Å²) in [4.78, 5) is 11.9. The Hall–Kier alpha value is -1.31. The highest BCUT2D eigenvalue weighted by molar-refractivity contribution is 5.94. The van der Waals surface area contributed by atoms with E-state index in [-0.39, 0.29) is 11.4 Å². The zero-order valence-electron chi connectivity index (χ0n) is 11.9. The Morgan fingerprint density at radius 1 is 1.12 bits per heavy atom. The first-order chi connectivity index (χ1) is 7.93. The van der Waals surface area contributed by atoms with Crippen molar-refractivity contribution in [3.8, 4) is 0 Å². The molecule has 0 fully saturated rings. The van der Waals surface area contributed by atoms with Gasteiger partial charge in [0.1, 0.15) is 0 Å². The maximum atomic E-state index is 11.9. The molecular weight excluding hydrogens is 210 g/mol. The molecule has 1 N–H and O–H groups in total. The SMILES string of the molecule is CC.CC(C)C(C)(C)NC(=O)c1ccccc1. The Kier molecular flexibility index (Phi) is 6.55. The fourth-order valence-electron chi connectivity index (χ4n) is 1.10. The lowest BCUT2D eigenvalue weighted by molar-refractivity contribution is 0.0890. The molecule has 96 valence electrons. The summed E-state index contributed by atoms with van der Waals surface area (Å²) in [5, 5.41) is 3.03. The van der Waals surface area contributed by atoms with E-state index in [1.165, 1.54) is 0 Å². The van der Waals surface area contributed by atoms with E-state index in [0.29, 0.717) is 11.5 Å². The number of hydrogen-bond donors (Lipinski definition) is 1. The molecule has 17 heavy (non-hydrogen) atoms. The number of amides is 1. The van der Waals surface area contributed by atoms with Crippen molar-refractivity contribution in [2.24, 2.45) is 5.92 Å². The normalized spacial score (nSPS) is 10.5. The zero-order valence-corrected chi connectivity index (χ0v) is 11.9. The molecule has 0 aromatic heterocycles. The van der Waals surface area contributed by atoms with Crippen molar-refractivity contribution in [3.05, 3.63) is 35.9 Å². The monoisotopic (exact) mass is 235 g/mol. The lowest BCUT2D eigenvalue weighted by Gasteiger charge is -2.30. The van der Waals surface area contributed by atoms with Gasteiger partial charge in [0, 0.05) is 11.1 Å². The summed E-state index contributed by atoms with van der Waals surface area (Å²) in [6.45, 7) is 12.3. The topological polar surface area (TPSA) is 29.1 Å². The average molecular weight is 235 g/mol. The highest BCUT2D eigenvalue weighted by Crippen LogP contribution is 2.15. The summed E-state index contributed by atoms with van der Waals surface area (Å²) < 4.78 is 0. The van der Waals surface area contributed by atoms with Gasteiger partial charge in [-0.3, -0.25) is 4.79 Å². The van der Waals surface area contributed by atoms with Gasteiger partial charge < -0.3 is 5.32 Å². The van der Waals surface area contributed by atoms with Crippen LogP contribution in [0.2, 0.25) is 0 Å². The average Bonchev–Trinajstić information content (AvgIpc) is 2.32. The Bertz CT molecular complexity index is 328. The second-order valence-corrected chi connectivity index (χ2v) is 4.70. The van der Waals surface area contributed by atoms with Gasteiger partial charge in [-0.15, -0.1) is 0 Å². The molecule has 1 aromatic carbocycles. The van der Waals surface area contributed by atoms with Crippen molar-refractivity contribution >= 4 is 5.91 Å². The van der Waals surface area contributed by atoms with Crippen molar-refractivity contribution in [3.63, 3.8) is 0 Å². The Balaban J connectivity index is 0.00000121. The summed E-state index contributed by atoms with van der Waals surface area (Å²) in [6.07, 6.45) is 0. The highest BCUT2D eigenvalue weighted by atomic mass is 16.1. The summed E-state index contributed by atoms with van der Waals surface area (Å²) in [6, 6.07) is 9.30. The van der Waals surface area contributed by atoms with E-state index in [2.05, 4.69) is 19.2 Å². The van der Waals surface area contributed by atoms with E-state index in [1.807, 2.05) is 58.0 Å². The molecule has 0 aliphatic carbocycles. The van der Waals surface area contributed by atoms with Crippen LogP contribution in [0.1, 0.15) is 51.9 Å². The van der Waals surface area contributed by atoms with E-state index in [0.717, 1.165) is 0 Å². The molecule has 0 unspecified atom stereocenters. The van der Waals surface area contributed by atoms with Crippen LogP contribution in [-0.2, 0) is 0 Å². The van der Waals surface area contributed by atoms with Crippen molar-refractivity contribution in [1.29, 1.82) is 0 Å². The van der Waals surface area contributed by atoms with Crippen molar-refractivity contribution in [2.75, 3.05) is 0 Å². The fraction of sp³-hybridized carbons (Fsp3) is 0.533. The van der Waals surface area contributed by atoms with Crippen LogP contribution in [0.3, 0.4) is 0 Å². The van der Waals surface area contributed by atoms with Crippen LogP contribution in [0.25, 0.3) is 0 Å². The van der Waals surface area contributed by atoms with Gasteiger partial charge in [0.15, 0.2) is 0 Å². The van der Waals surface area contributed by atoms with Crippen molar-refractivity contribution < 1.29 is 4.79 Å². The van der Waals surface area contributed by atoms with Gasteiger partial charge in [-0.1, -0.05) is 45.9 Å². The maximum absolute atomic E-state index is 11.9. The summed E-state index contributed by atoms with van der Waals surface area (Å²) in [7, 11) is 0. The van der Waals surface area contributed by atoms with Crippen LogP contribution in [0, 0.1) is 5.92 Å². The van der Waals surface area contributed by atoms with Crippen LogP contribution < -0.4 is 5.32 Å². The van der Waals surface area contributed by atoms with Gasteiger partial charge >= 0.3 is 0 Å². The quantitative estimate of drug-likeness (QED) is 0.846. The standard InChI is InChI=1S/C13H19NO.C2H6/c1-10(2)13(3,4)14-12(15)11-8-6-5-7-9-11;1-2/h5-10H,1-4H3,(H,14,15);1-2H3. The van der Waals surface area contributed by atoms with Gasteiger partial charge in [0.05, 0.1) is 0 Å². The maximum Gasteiger partial charge on any atom is 0.251 e. The van der Waals surface area contributed by atoms with Gasteiger partial charge in [-0.25, -0.2) is 0 Å². The zero-order chi connectivity index (χ0) is 13.5. The van der Waals surface area contributed by atoms with E-state index in [4.69, 9.17) is 0 Å². The molecule has 1 rings (SSSR count). The van der Waals surface area contributed by atoms with Crippen molar-refractivity contribution in [1.82, 2.24) is 5.32 Å². The summed E-state index contributed by atoms with van der Waals surface area (Å²) in [5.74, 6) is 0.402. The molecular formula is C15H25NO. The minimum Gasteiger partial charge on any atom is -0.347 e. The third kappa shape index (κ3) is 5.03. The first-order valence-corrected chi connectivity index (χ1v) is 6.31. The third-order valence-corrected chi connectivity index (χ3v) is 2.92. The number of rotatable bonds is 3. The minimum absolute atomic E-state index is 0.00528. The molecule has 0 spiro atoms. The predicted octanol–water partition coefficient (Wildman–Crippen LogP) is 3.88. The van der Waals surface area contributed by atoms with Crippen LogP contribution in [-0.4, -0.2) is 11.4 Å². The smallest absolute Gasteiger partial charge is 0.251 e. The number of benzene rings is 1. The number of nitrogens with one attached hydrogen (secondary N) is 1. The van der Waals surface area contributed by atoms with E-state index in [9.17, 15) is 4.79 Å². The molecule has 1 amide bonds. The molecule has 2 nitrogen and oxygen atoms in total. The third-order valence-electron chi connectivity index (χ3n) is 2.92. The molecule has 0 bridgehead atoms. The summed E-state index contributed by atoms with van der Waals surface area (Å²) in [5.41, 5.74) is 0.540. The van der Waals surface area contributed by atoms with E-state index in [1.54, 1.807) is 0 Å². The Morgan fingerprint density at radius 2 is 1.59 bits per heavy atom. The van der Waals surface area contributed by atoms with E-state index < -0.39 is 0 Å². The number of carbonyl (C=O) groups excluding carboxylic acids is 1. The molecule has 2 heteroatoms. The molecule has 1 aromatic rings. The molecule has 0 saturated carbocycles. The molecule has 0 aliphatic rings.